The molecule has 2 rings (SSSR count). The van der Waals surface area contributed by atoms with Gasteiger partial charge in [0.1, 0.15) is 11.4 Å². The highest BCUT2D eigenvalue weighted by molar-refractivity contribution is 6.35. The predicted octanol–water partition coefficient (Wildman–Crippen LogP) is 2.30. The van der Waals surface area contributed by atoms with E-state index in [1.165, 1.54) is 6.20 Å². The average molecular weight is 237 g/mol. The Kier molecular flexibility index (Phi) is 2.92. The van der Waals surface area contributed by atoms with Crippen LogP contribution in [0.15, 0.2) is 30.5 Å². The maximum atomic E-state index is 11.9. The quantitative estimate of drug-likeness (QED) is 0.832. The molecule has 0 fully saturated rings. The van der Waals surface area contributed by atoms with Gasteiger partial charge in [0.15, 0.2) is 0 Å². The lowest BCUT2D eigenvalue weighted by atomic mass is 10.1. The molecule has 1 N–H and O–H groups in total. The van der Waals surface area contributed by atoms with Gasteiger partial charge in [0.2, 0.25) is 5.78 Å². The smallest absolute Gasteiger partial charge is 0.212 e. The van der Waals surface area contributed by atoms with Crippen molar-refractivity contribution >= 4 is 17.4 Å². The van der Waals surface area contributed by atoms with E-state index in [0.717, 1.165) is 0 Å². The molecule has 2 aromatic rings. The first kappa shape index (κ1) is 10.7. The highest BCUT2D eigenvalue weighted by Gasteiger charge is 2.14. The molecule has 16 heavy (non-hydrogen) atoms. The van der Waals surface area contributed by atoms with Crippen molar-refractivity contribution in [2.45, 2.75) is 0 Å². The molecule has 4 nitrogen and oxygen atoms in total. The Morgan fingerprint density at radius 2 is 2.25 bits per heavy atom. The predicted molar refractivity (Wildman–Crippen MR) is 60.0 cm³/mol. The number of rotatable bonds is 3. The molecule has 0 atom stereocenters. The third kappa shape index (κ3) is 1.92. The second-order valence-corrected chi connectivity index (χ2v) is 3.55. The summed E-state index contributed by atoms with van der Waals surface area (Å²) in [5.41, 5.74) is 0.832. The van der Waals surface area contributed by atoms with Gasteiger partial charge >= 0.3 is 0 Å². The number of benzene rings is 1. The number of carbonyl (C=O) groups excluding carboxylic acids is 1. The number of aromatic amines is 1. The molecule has 1 heterocycles. The summed E-state index contributed by atoms with van der Waals surface area (Å²) in [5, 5.41) is 6.68. The third-order valence-electron chi connectivity index (χ3n) is 2.17. The molecule has 5 heteroatoms. The standard InChI is InChI=1S/C11H9ClN2O2/c1-16-7-2-3-8(9(12)6-7)11(15)10-4-5-13-14-10/h2-6H,1H3,(H,13,14). The second-order valence-electron chi connectivity index (χ2n) is 3.15. The number of H-pyrrole nitrogens is 1. The molecule has 0 saturated carbocycles. The molecule has 0 radical (unpaired) electrons. The van der Waals surface area contributed by atoms with Crippen molar-refractivity contribution in [2.24, 2.45) is 0 Å². The lowest BCUT2D eigenvalue weighted by Crippen LogP contribution is -2.02. The number of methoxy groups -OCH3 is 1. The van der Waals surface area contributed by atoms with Gasteiger partial charge < -0.3 is 4.74 Å². The molecule has 0 bridgehead atoms. The Balaban J connectivity index is 2.38. The van der Waals surface area contributed by atoms with Crippen molar-refractivity contribution < 1.29 is 9.53 Å². The van der Waals surface area contributed by atoms with E-state index < -0.39 is 0 Å². The number of carbonyl (C=O) groups is 1. The zero-order chi connectivity index (χ0) is 11.5. The third-order valence-corrected chi connectivity index (χ3v) is 2.48. The topological polar surface area (TPSA) is 55.0 Å². The number of halogens is 1. The van der Waals surface area contributed by atoms with Gasteiger partial charge in [-0.1, -0.05) is 11.6 Å². The average Bonchev–Trinajstić information content (AvgIpc) is 2.81. The minimum absolute atomic E-state index is 0.190. The van der Waals surface area contributed by atoms with Crippen LogP contribution >= 0.6 is 11.6 Å². The van der Waals surface area contributed by atoms with E-state index in [2.05, 4.69) is 10.2 Å². The number of nitrogens with zero attached hydrogens (tertiary/aromatic N) is 1. The highest BCUT2D eigenvalue weighted by atomic mass is 35.5. The monoisotopic (exact) mass is 236 g/mol. The second kappa shape index (κ2) is 4.37. The lowest BCUT2D eigenvalue weighted by Gasteiger charge is -2.04. The first-order valence-corrected chi connectivity index (χ1v) is 4.98. The van der Waals surface area contributed by atoms with Gasteiger partial charge in [-0.05, 0) is 24.3 Å². The van der Waals surface area contributed by atoms with E-state index in [-0.39, 0.29) is 5.78 Å². The van der Waals surface area contributed by atoms with Crippen LogP contribution in [0, 0.1) is 0 Å². The van der Waals surface area contributed by atoms with E-state index in [0.29, 0.717) is 22.0 Å². The molecular formula is C11H9ClN2O2. The van der Waals surface area contributed by atoms with Crippen LogP contribution in [0.2, 0.25) is 5.02 Å². The number of hydrogen-bond acceptors (Lipinski definition) is 3. The van der Waals surface area contributed by atoms with Gasteiger partial charge in [-0.25, -0.2) is 0 Å². The van der Waals surface area contributed by atoms with Gasteiger partial charge in [0.25, 0.3) is 0 Å². The summed E-state index contributed by atoms with van der Waals surface area (Å²) >= 11 is 5.98. The van der Waals surface area contributed by atoms with Gasteiger partial charge in [0.05, 0.1) is 12.1 Å². The molecular weight excluding hydrogens is 228 g/mol. The van der Waals surface area contributed by atoms with Crippen LogP contribution < -0.4 is 4.74 Å². The van der Waals surface area contributed by atoms with Gasteiger partial charge in [-0.15, -0.1) is 0 Å². The van der Waals surface area contributed by atoms with E-state index in [9.17, 15) is 4.79 Å². The molecule has 0 aliphatic rings. The van der Waals surface area contributed by atoms with E-state index in [4.69, 9.17) is 16.3 Å². The normalized spacial score (nSPS) is 10.1. The fourth-order valence-electron chi connectivity index (χ4n) is 1.33. The number of ether oxygens (including phenoxy) is 1. The molecule has 0 unspecified atom stereocenters. The van der Waals surface area contributed by atoms with E-state index in [1.54, 1.807) is 31.4 Å². The molecule has 1 aromatic carbocycles. The summed E-state index contributed by atoms with van der Waals surface area (Å²) in [6, 6.07) is 6.52. The minimum Gasteiger partial charge on any atom is -0.497 e. The molecule has 82 valence electrons. The van der Waals surface area contributed by atoms with Gasteiger partial charge in [0, 0.05) is 11.8 Å². The fraction of sp³-hybridized carbons (Fsp3) is 0.0909. The lowest BCUT2D eigenvalue weighted by molar-refractivity contribution is 0.103. The number of ketones is 1. The van der Waals surface area contributed by atoms with Crippen LogP contribution in [0.1, 0.15) is 16.1 Å². The summed E-state index contributed by atoms with van der Waals surface area (Å²) in [5.74, 6) is 0.427. The molecule has 0 amide bonds. The summed E-state index contributed by atoms with van der Waals surface area (Å²) in [7, 11) is 1.54. The van der Waals surface area contributed by atoms with Crippen LogP contribution in [0.25, 0.3) is 0 Å². The summed E-state index contributed by atoms with van der Waals surface area (Å²) in [4.78, 5) is 11.9. The van der Waals surface area contributed by atoms with Crippen LogP contribution in [0.4, 0.5) is 0 Å². The fourth-order valence-corrected chi connectivity index (χ4v) is 1.59. The number of hydrogen-bond donors (Lipinski definition) is 1. The largest absolute Gasteiger partial charge is 0.497 e. The highest BCUT2D eigenvalue weighted by Crippen LogP contribution is 2.24. The number of nitrogens with one attached hydrogen (secondary N) is 1. The summed E-state index contributed by atoms with van der Waals surface area (Å²) < 4.78 is 5.00. The first-order valence-electron chi connectivity index (χ1n) is 4.60. The Labute approximate surface area is 97.2 Å². The van der Waals surface area contributed by atoms with Crippen LogP contribution in [0.5, 0.6) is 5.75 Å². The van der Waals surface area contributed by atoms with E-state index >= 15 is 0 Å². The van der Waals surface area contributed by atoms with Crippen molar-refractivity contribution in [3.63, 3.8) is 0 Å². The summed E-state index contributed by atoms with van der Waals surface area (Å²) in [6.45, 7) is 0. The zero-order valence-electron chi connectivity index (χ0n) is 8.53. The maximum absolute atomic E-state index is 11.9. The van der Waals surface area contributed by atoms with Crippen molar-refractivity contribution in [1.29, 1.82) is 0 Å². The van der Waals surface area contributed by atoms with Crippen LogP contribution in [-0.4, -0.2) is 23.1 Å². The summed E-state index contributed by atoms with van der Waals surface area (Å²) in [6.07, 6.45) is 1.52. The Hall–Kier alpha value is -1.81. The zero-order valence-corrected chi connectivity index (χ0v) is 9.28. The molecule has 0 aliphatic carbocycles. The first-order chi connectivity index (χ1) is 7.72. The Morgan fingerprint density at radius 3 is 2.81 bits per heavy atom. The molecule has 1 aromatic heterocycles. The van der Waals surface area contributed by atoms with Crippen molar-refractivity contribution in [1.82, 2.24) is 10.2 Å². The Bertz CT molecular complexity index is 509. The maximum Gasteiger partial charge on any atom is 0.212 e. The SMILES string of the molecule is COc1ccc(C(=O)c2ccn[nH]2)c(Cl)c1. The molecule has 0 aliphatic heterocycles. The molecule has 0 saturated heterocycles. The van der Waals surface area contributed by atoms with Gasteiger partial charge in [-0.3, -0.25) is 9.89 Å². The minimum atomic E-state index is -0.190. The van der Waals surface area contributed by atoms with Crippen molar-refractivity contribution in [3.8, 4) is 5.75 Å². The van der Waals surface area contributed by atoms with E-state index in [1.807, 2.05) is 0 Å². The van der Waals surface area contributed by atoms with Crippen LogP contribution in [0.3, 0.4) is 0 Å². The van der Waals surface area contributed by atoms with Crippen LogP contribution in [-0.2, 0) is 0 Å². The Morgan fingerprint density at radius 1 is 1.44 bits per heavy atom. The van der Waals surface area contributed by atoms with Crippen molar-refractivity contribution in [3.05, 3.63) is 46.7 Å². The molecule has 0 spiro atoms. The number of aromatic nitrogens is 2. The van der Waals surface area contributed by atoms with Crippen molar-refractivity contribution in [2.75, 3.05) is 7.11 Å². The van der Waals surface area contributed by atoms with Gasteiger partial charge in [-0.2, -0.15) is 5.10 Å².